The molecule has 174 valence electrons. The van der Waals surface area contributed by atoms with Crippen LogP contribution in [-0.4, -0.2) is 20.4 Å². The maximum Gasteiger partial charge on any atom is 0.265 e. The summed E-state index contributed by atoms with van der Waals surface area (Å²) in [6.07, 6.45) is -0.181. The molecule has 0 aliphatic rings. The van der Waals surface area contributed by atoms with Crippen molar-refractivity contribution in [1.82, 2.24) is 0 Å². The topological polar surface area (TPSA) is 84.5 Å². The van der Waals surface area contributed by atoms with E-state index in [1.807, 2.05) is 74.5 Å². The molecule has 0 spiro atoms. The van der Waals surface area contributed by atoms with E-state index in [-0.39, 0.29) is 10.8 Å². The van der Waals surface area contributed by atoms with Gasteiger partial charge >= 0.3 is 0 Å². The van der Waals surface area contributed by atoms with E-state index in [1.54, 1.807) is 18.2 Å². The van der Waals surface area contributed by atoms with Gasteiger partial charge in [-0.1, -0.05) is 61.5 Å². The molecule has 0 radical (unpaired) electrons. The molecule has 0 aromatic heterocycles. The van der Waals surface area contributed by atoms with Crippen LogP contribution in [0.15, 0.2) is 95.9 Å². The van der Waals surface area contributed by atoms with Gasteiger partial charge < -0.3 is 10.1 Å². The molecule has 0 bridgehead atoms. The molecule has 7 heteroatoms. The Labute approximate surface area is 199 Å². The molecule has 34 heavy (non-hydrogen) atoms. The van der Waals surface area contributed by atoms with Crippen LogP contribution in [0.4, 0.5) is 11.4 Å². The summed E-state index contributed by atoms with van der Waals surface area (Å²) in [4.78, 5) is 12.8. The summed E-state index contributed by atoms with van der Waals surface area (Å²) in [6.45, 7) is 3.79. The van der Waals surface area contributed by atoms with Crippen LogP contribution >= 0.6 is 0 Å². The lowest BCUT2D eigenvalue weighted by Crippen LogP contribution is -2.32. The van der Waals surface area contributed by atoms with Gasteiger partial charge in [0.25, 0.3) is 15.9 Å². The molecule has 1 amide bonds. The quantitative estimate of drug-likeness (QED) is 0.341. The van der Waals surface area contributed by atoms with Crippen molar-refractivity contribution in [2.75, 3.05) is 10.0 Å². The fourth-order valence-corrected chi connectivity index (χ4v) is 4.70. The molecule has 1 unspecified atom stereocenters. The number of anilines is 2. The van der Waals surface area contributed by atoms with Crippen molar-refractivity contribution in [3.8, 4) is 5.75 Å². The zero-order valence-corrected chi connectivity index (χ0v) is 19.8. The summed E-state index contributed by atoms with van der Waals surface area (Å²) < 4.78 is 34.5. The maximum atomic E-state index is 12.9. The first-order chi connectivity index (χ1) is 16.4. The van der Waals surface area contributed by atoms with Crippen molar-refractivity contribution >= 4 is 38.1 Å². The van der Waals surface area contributed by atoms with E-state index >= 15 is 0 Å². The lowest BCUT2D eigenvalue weighted by molar-refractivity contribution is -0.122. The number of para-hydroxylation sites is 1. The van der Waals surface area contributed by atoms with E-state index in [1.165, 1.54) is 12.1 Å². The molecule has 4 rings (SSSR count). The van der Waals surface area contributed by atoms with Gasteiger partial charge in [0, 0.05) is 11.1 Å². The highest BCUT2D eigenvalue weighted by Crippen LogP contribution is 2.26. The molecule has 0 aliphatic carbocycles. The number of hydrogen-bond acceptors (Lipinski definition) is 4. The number of amides is 1. The van der Waals surface area contributed by atoms with E-state index in [0.717, 1.165) is 16.3 Å². The van der Waals surface area contributed by atoms with Gasteiger partial charge in [-0.2, -0.15) is 0 Å². The number of carbonyl (C=O) groups excluding carboxylic acids is 1. The van der Waals surface area contributed by atoms with Gasteiger partial charge in [0.05, 0.1) is 10.6 Å². The minimum atomic E-state index is -3.80. The van der Waals surface area contributed by atoms with Crippen LogP contribution in [0.1, 0.15) is 18.9 Å². The normalized spacial score (nSPS) is 12.2. The zero-order chi connectivity index (χ0) is 24.1. The van der Waals surface area contributed by atoms with Crippen LogP contribution in [0.25, 0.3) is 10.8 Å². The number of fused-ring (bicyclic) bond motifs is 1. The van der Waals surface area contributed by atoms with Gasteiger partial charge in [-0.3, -0.25) is 9.52 Å². The lowest BCUT2D eigenvalue weighted by atomic mass is 10.1. The van der Waals surface area contributed by atoms with Gasteiger partial charge in [-0.05, 0) is 60.7 Å². The highest BCUT2D eigenvalue weighted by Gasteiger charge is 2.20. The molecule has 4 aromatic rings. The predicted octanol–water partition coefficient (Wildman–Crippen LogP) is 5.75. The summed E-state index contributed by atoms with van der Waals surface area (Å²) in [5.74, 6) is 0.362. The molecule has 0 saturated heterocycles. The first kappa shape index (κ1) is 23.3. The first-order valence-corrected chi connectivity index (χ1v) is 12.5. The second-order valence-electron chi connectivity index (χ2n) is 7.93. The van der Waals surface area contributed by atoms with E-state index in [4.69, 9.17) is 4.74 Å². The Morgan fingerprint density at radius 2 is 1.56 bits per heavy atom. The first-order valence-electron chi connectivity index (χ1n) is 11.0. The second-order valence-corrected chi connectivity index (χ2v) is 9.61. The number of aryl methyl sites for hydroxylation is 1. The van der Waals surface area contributed by atoms with E-state index in [0.29, 0.717) is 23.5 Å². The fourth-order valence-electron chi connectivity index (χ4n) is 3.62. The van der Waals surface area contributed by atoms with Crippen molar-refractivity contribution in [3.05, 3.63) is 96.6 Å². The SMILES string of the molecule is CCC(Oc1ccccc1C)C(=O)Nc1ccc(S(=O)(=O)Nc2cccc3ccccc23)cc1. The van der Waals surface area contributed by atoms with Gasteiger partial charge in [0.1, 0.15) is 5.75 Å². The Kier molecular flexibility index (Phi) is 6.84. The van der Waals surface area contributed by atoms with Crippen molar-refractivity contribution in [3.63, 3.8) is 0 Å². The number of ether oxygens (including phenoxy) is 1. The number of sulfonamides is 1. The standard InChI is InChI=1S/C27H26N2O4S/c1-3-25(33-26-14-7-4-9-19(26)2)27(30)28-21-15-17-22(18-16-21)34(31,32)29-24-13-8-11-20-10-5-6-12-23(20)24/h4-18,25,29H,3H2,1-2H3,(H,28,30). The van der Waals surface area contributed by atoms with Gasteiger partial charge in [-0.15, -0.1) is 0 Å². The smallest absolute Gasteiger partial charge is 0.265 e. The van der Waals surface area contributed by atoms with Gasteiger partial charge in [0.15, 0.2) is 6.10 Å². The van der Waals surface area contributed by atoms with Crippen LogP contribution in [0, 0.1) is 6.92 Å². The van der Waals surface area contributed by atoms with Crippen LogP contribution in [0.3, 0.4) is 0 Å². The fraction of sp³-hybridized carbons (Fsp3) is 0.148. The van der Waals surface area contributed by atoms with Crippen LogP contribution in [0.2, 0.25) is 0 Å². The second kappa shape index (κ2) is 9.97. The zero-order valence-electron chi connectivity index (χ0n) is 19.0. The highest BCUT2D eigenvalue weighted by atomic mass is 32.2. The number of benzene rings is 4. The summed E-state index contributed by atoms with van der Waals surface area (Å²) in [5, 5.41) is 4.57. The third-order valence-corrected chi connectivity index (χ3v) is 6.87. The summed E-state index contributed by atoms with van der Waals surface area (Å²) in [7, 11) is -3.80. The van der Waals surface area contributed by atoms with E-state index < -0.39 is 16.1 Å². The molecule has 0 heterocycles. The van der Waals surface area contributed by atoms with Gasteiger partial charge in [-0.25, -0.2) is 8.42 Å². The Morgan fingerprint density at radius 3 is 2.29 bits per heavy atom. The molecular formula is C27H26N2O4S. The van der Waals surface area contributed by atoms with Crippen molar-refractivity contribution in [2.24, 2.45) is 0 Å². The minimum Gasteiger partial charge on any atom is -0.480 e. The number of carbonyl (C=O) groups is 1. The molecule has 0 saturated carbocycles. The molecule has 0 fully saturated rings. The monoisotopic (exact) mass is 474 g/mol. The molecule has 4 aromatic carbocycles. The molecule has 2 N–H and O–H groups in total. The average molecular weight is 475 g/mol. The Balaban J connectivity index is 1.46. The van der Waals surface area contributed by atoms with Crippen LogP contribution < -0.4 is 14.8 Å². The molecule has 0 aliphatic heterocycles. The summed E-state index contributed by atoms with van der Waals surface area (Å²) >= 11 is 0. The largest absolute Gasteiger partial charge is 0.480 e. The Bertz CT molecular complexity index is 1410. The van der Waals surface area contributed by atoms with Crippen molar-refractivity contribution in [2.45, 2.75) is 31.3 Å². The average Bonchev–Trinajstić information content (AvgIpc) is 2.84. The number of nitrogens with one attached hydrogen (secondary N) is 2. The van der Waals surface area contributed by atoms with E-state index in [2.05, 4.69) is 10.0 Å². The number of hydrogen-bond donors (Lipinski definition) is 2. The van der Waals surface area contributed by atoms with Crippen LogP contribution in [0.5, 0.6) is 5.75 Å². The van der Waals surface area contributed by atoms with Crippen molar-refractivity contribution < 1.29 is 17.9 Å². The predicted molar refractivity (Wildman–Crippen MR) is 136 cm³/mol. The van der Waals surface area contributed by atoms with Crippen LogP contribution in [-0.2, 0) is 14.8 Å². The Hall–Kier alpha value is -3.84. The summed E-state index contributed by atoms with van der Waals surface area (Å²) in [5.41, 5.74) is 1.94. The molecular weight excluding hydrogens is 448 g/mol. The molecule has 1 atom stereocenters. The van der Waals surface area contributed by atoms with Crippen molar-refractivity contribution in [1.29, 1.82) is 0 Å². The maximum absolute atomic E-state index is 12.9. The molecule has 6 nitrogen and oxygen atoms in total. The third kappa shape index (κ3) is 5.21. The Morgan fingerprint density at radius 1 is 0.882 bits per heavy atom. The highest BCUT2D eigenvalue weighted by molar-refractivity contribution is 7.92. The number of rotatable bonds is 8. The third-order valence-electron chi connectivity index (χ3n) is 5.49. The lowest BCUT2D eigenvalue weighted by Gasteiger charge is -2.18. The minimum absolute atomic E-state index is 0.0987. The van der Waals surface area contributed by atoms with E-state index in [9.17, 15) is 13.2 Å². The van der Waals surface area contributed by atoms with Gasteiger partial charge in [0.2, 0.25) is 0 Å². The summed E-state index contributed by atoms with van der Waals surface area (Å²) in [6, 6.07) is 26.6.